The maximum absolute atomic E-state index is 11.7. The lowest BCUT2D eigenvalue weighted by Gasteiger charge is -2.43. The number of nitrogens with zero attached hydrogens (tertiary/aromatic N) is 2. The first-order valence-electron chi connectivity index (χ1n) is 10.9. The van der Waals surface area contributed by atoms with E-state index in [4.69, 9.17) is 4.98 Å². The minimum Gasteiger partial charge on any atom is -0.258 e. The topological polar surface area (TPSA) is 56.0 Å². The molecular weight excluding hydrogens is 468 g/mol. The van der Waals surface area contributed by atoms with Crippen LogP contribution in [0.15, 0.2) is 53.0 Å². The second-order valence-electron chi connectivity index (χ2n) is 9.33. The number of aromatic nitrogens is 1. The first-order chi connectivity index (χ1) is 14.6. The molecule has 0 saturated heterocycles. The van der Waals surface area contributed by atoms with E-state index < -0.39 is 8.07 Å². The van der Waals surface area contributed by atoms with E-state index in [0.717, 1.165) is 21.4 Å². The lowest BCUT2D eigenvalue weighted by atomic mass is 10.0. The number of benzene rings is 2. The number of halogens is 1. The minimum absolute atomic E-state index is 0.0902. The Balaban J connectivity index is 2.32. The molecule has 3 aromatic rings. The van der Waals surface area contributed by atoms with Crippen molar-refractivity contribution in [3.8, 4) is 11.3 Å². The fraction of sp³-hybridized carbons (Fsp3) is 0.400. The number of para-hydroxylation sites is 2. The van der Waals surface area contributed by atoms with E-state index in [0.29, 0.717) is 27.9 Å². The summed E-state index contributed by atoms with van der Waals surface area (Å²) < 4.78 is 0.914. The molecule has 0 aliphatic rings. The van der Waals surface area contributed by atoms with Crippen molar-refractivity contribution in [2.24, 2.45) is 0 Å². The second-order valence-corrected chi connectivity index (χ2v) is 16.2. The monoisotopic (exact) mass is 498 g/mol. The maximum atomic E-state index is 11.7. The van der Waals surface area contributed by atoms with Crippen LogP contribution in [0.1, 0.15) is 47.1 Å². The Morgan fingerprint density at radius 2 is 1.58 bits per heavy atom. The summed E-state index contributed by atoms with van der Waals surface area (Å²) in [4.78, 5) is 16.2. The third-order valence-corrected chi connectivity index (χ3v) is 15.1. The number of fused-ring (bicyclic) bond motifs is 1. The van der Waals surface area contributed by atoms with Crippen molar-refractivity contribution in [3.63, 3.8) is 0 Å². The van der Waals surface area contributed by atoms with Gasteiger partial charge in [-0.25, -0.2) is 4.98 Å². The summed E-state index contributed by atoms with van der Waals surface area (Å²) in [5.74, 6) is 0. The smallest absolute Gasteiger partial charge is 0.258 e. The first-order valence-corrected chi connectivity index (χ1v) is 14.1. The van der Waals surface area contributed by atoms with Gasteiger partial charge in [-0.3, -0.25) is 10.1 Å². The lowest BCUT2D eigenvalue weighted by molar-refractivity contribution is -0.384. The highest BCUT2D eigenvalue weighted by atomic mass is 79.9. The molecule has 0 fully saturated rings. The van der Waals surface area contributed by atoms with Crippen LogP contribution in [0.2, 0.25) is 16.6 Å². The van der Waals surface area contributed by atoms with Crippen LogP contribution in [0.5, 0.6) is 0 Å². The molecule has 1 heterocycles. The van der Waals surface area contributed by atoms with Gasteiger partial charge in [-0.15, -0.1) is 0 Å². The zero-order chi connectivity index (χ0) is 22.9. The summed E-state index contributed by atoms with van der Waals surface area (Å²) in [7, 11) is -1.74. The summed E-state index contributed by atoms with van der Waals surface area (Å²) in [5, 5.41) is 12.8. The van der Waals surface area contributed by atoms with Crippen molar-refractivity contribution in [1.82, 2.24) is 4.98 Å². The van der Waals surface area contributed by atoms with Crippen LogP contribution in [0.4, 0.5) is 5.69 Å². The van der Waals surface area contributed by atoms with Crippen LogP contribution in [0, 0.1) is 10.1 Å². The standard InChI is InChI=1S/C25H31BrN2O2Si/c1-16(2)31(17(3)4,18(5)6)15-19-14-23(21-10-7-8-13-24(21)28(29)30)27-25-20(19)11-9-12-22(25)26/h7-14,16-18H,15H2,1-6H3. The number of hydrogen-bond acceptors (Lipinski definition) is 3. The average molecular weight is 500 g/mol. The Hall–Kier alpha value is -2.05. The van der Waals surface area contributed by atoms with Gasteiger partial charge in [0.15, 0.2) is 0 Å². The zero-order valence-electron chi connectivity index (χ0n) is 19.1. The zero-order valence-corrected chi connectivity index (χ0v) is 21.7. The molecule has 0 bridgehead atoms. The van der Waals surface area contributed by atoms with Crippen molar-refractivity contribution in [3.05, 3.63) is 68.7 Å². The van der Waals surface area contributed by atoms with E-state index in [-0.39, 0.29) is 10.6 Å². The Labute approximate surface area is 194 Å². The molecule has 1 aromatic heterocycles. The van der Waals surface area contributed by atoms with E-state index in [2.05, 4.69) is 69.6 Å². The molecule has 0 atom stereocenters. The largest absolute Gasteiger partial charge is 0.278 e. The van der Waals surface area contributed by atoms with Crippen molar-refractivity contribution in [2.45, 2.75) is 64.2 Å². The third-order valence-electron chi connectivity index (χ3n) is 6.97. The normalized spacial score (nSPS) is 12.3. The van der Waals surface area contributed by atoms with Gasteiger partial charge in [0.2, 0.25) is 0 Å². The average Bonchev–Trinajstić information content (AvgIpc) is 2.71. The molecule has 3 rings (SSSR count). The van der Waals surface area contributed by atoms with E-state index in [1.54, 1.807) is 18.2 Å². The van der Waals surface area contributed by atoms with Crippen molar-refractivity contribution >= 4 is 40.6 Å². The Bertz CT molecular complexity index is 1090. The van der Waals surface area contributed by atoms with E-state index in [1.165, 1.54) is 5.56 Å². The van der Waals surface area contributed by atoms with Gasteiger partial charge >= 0.3 is 0 Å². The van der Waals surface area contributed by atoms with Crippen LogP contribution in [-0.2, 0) is 6.04 Å². The van der Waals surface area contributed by atoms with Gasteiger partial charge in [0, 0.05) is 15.9 Å². The Kier molecular flexibility index (Phi) is 7.01. The van der Waals surface area contributed by atoms with Gasteiger partial charge in [0.1, 0.15) is 0 Å². The molecule has 0 spiro atoms. The predicted molar refractivity (Wildman–Crippen MR) is 136 cm³/mol. The van der Waals surface area contributed by atoms with Gasteiger partial charge in [-0.05, 0) is 45.7 Å². The fourth-order valence-electron chi connectivity index (χ4n) is 5.36. The predicted octanol–water partition coefficient (Wildman–Crippen LogP) is 8.33. The van der Waals surface area contributed by atoms with Crippen molar-refractivity contribution in [1.29, 1.82) is 0 Å². The molecule has 6 heteroatoms. The number of hydrogen-bond donors (Lipinski definition) is 0. The van der Waals surface area contributed by atoms with Gasteiger partial charge < -0.3 is 0 Å². The number of pyridine rings is 1. The van der Waals surface area contributed by atoms with Crippen LogP contribution >= 0.6 is 15.9 Å². The third kappa shape index (κ3) is 4.33. The molecule has 0 N–H and O–H groups in total. The molecule has 31 heavy (non-hydrogen) atoms. The highest BCUT2D eigenvalue weighted by Gasteiger charge is 2.42. The van der Waals surface area contributed by atoms with Crippen LogP contribution in [0.25, 0.3) is 22.2 Å². The number of nitro benzene ring substituents is 1. The van der Waals surface area contributed by atoms with Gasteiger partial charge in [0.25, 0.3) is 5.69 Å². The molecule has 2 aromatic carbocycles. The minimum atomic E-state index is -1.74. The Morgan fingerprint density at radius 3 is 2.16 bits per heavy atom. The molecular formula is C25H31BrN2O2Si. The summed E-state index contributed by atoms with van der Waals surface area (Å²) >= 11 is 3.67. The van der Waals surface area contributed by atoms with Crippen LogP contribution in [0.3, 0.4) is 0 Å². The fourth-order valence-corrected chi connectivity index (χ4v) is 12.0. The first kappa shape index (κ1) is 23.6. The maximum Gasteiger partial charge on any atom is 0.278 e. The molecule has 0 amide bonds. The summed E-state index contributed by atoms with van der Waals surface area (Å²) in [5.41, 5.74) is 5.31. The van der Waals surface area contributed by atoms with Gasteiger partial charge in [0.05, 0.1) is 29.8 Å². The molecule has 0 unspecified atom stereocenters. The van der Waals surface area contributed by atoms with Crippen LogP contribution in [-0.4, -0.2) is 18.0 Å². The summed E-state index contributed by atoms with van der Waals surface area (Å²) in [6.45, 7) is 14.2. The number of nitro groups is 1. The molecule has 0 aliphatic carbocycles. The highest BCUT2D eigenvalue weighted by Crippen LogP contribution is 2.45. The van der Waals surface area contributed by atoms with E-state index >= 15 is 0 Å². The lowest BCUT2D eigenvalue weighted by Crippen LogP contribution is -2.47. The Morgan fingerprint density at radius 1 is 0.968 bits per heavy atom. The van der Waals surface area contributed by atoms with E-state index in [1.807, 2.05) is 18.2 Å². The van der Waals surface area contributed by atoms with E-state index in [9.17, 15) is 10.1 Å². The highest BCUT2D eigenvalue weighted by molar-refractivity contribution is 9.10. The van der Waals surface area contributed by atoms with Crippen molar-refractivity contribution in [2.75, 3.05) is 0 Å². The van der Waals surface area contributed by atoms with Crippen LogP contribution < -0.4 is 0 Å². The van der Waals surface area contributed by atoms with Gasteiger partial charge in [-0.2, -0.15) is 0 Å². The van der Waals surface area contributed by atoms with Crippen molar-refractivity contribution < 1.29 is 4.92 Å². The molecule has 0 radical (unpaired) electrons. The molecule has 4 nitrogen and oxygen atoms in total. The summed E-state index contributed by atoms with van der Waals surface area (Å²) in [6.07, 6.45) is 0. The molecule has 164 valence electrons. The second kappa shape index (κ2) is 9.21. The number of rotatable bonds is 7. The SMILES string of the molecule is CC(C)[Si](Cc1cc(-c2ccccc2[N+](=O)[O-])nc2c(Br)cccc12)(C(C)C)C(C)C. The van der Waals surface area contributed by atoms with Gasteiger partial charge in [-0.1, -0.05) is 82.4 Å². The molecule has 0 aliphatic heterocycles. The summed E-state index contributed by atoms with van der Waals surface area (Å²) in [6, 6.07) is 16.2. The quantitative estimate of drug-likeness (QED) is 0.187. The molecule has 0 saturated carbocycles.